The van der Waals surface area contributed by atoms with E-state index in [1.54, 1.807) is 12.1 Å². The molecule has 22 heavy (non-hydrogen) atoms. The number of carbonyl (C=O) groups excluding carboxylic acids is 1. The minimum absolute atomic E-state index is 0.0343. The van der Waals surface area contributed by atoms with Gasteiger partial charge >= 0.3 is 5.97 Å². The Morgan fingerprint density at radius 3 is 2.55 bits per heavy atom. The van der Waals surface area contributed by atoms with Gasteiger partial charge in [0.1, 0.15) is 10.9 Å². The van der Waals surface area contributed by atoms with Gasteiger partial charge in [0.15, 0.2) is 17.2 Å². The standard InChI is InChI=1S/C13H5Cl4NO4/c14-8-9(15)11(18-12(17)10(8)16)13(19)22-5-1-2-6-7(3-5)21-4-20-6/h1-3H,4H2. The Hall–Kier alpha value is -1.40. The van der Waals surface area contributed by atoms with Crippen molar-refractivity contribution in [1.82, 2.24) is 4.98 Å². The van der Waals surface area contributed by atoms with Crippen LogP contribution in [0.3, 0.4) is 0 Å². The van der Waals surface area contributed by atoms with Crippen molar-refractivity contribution in [2.75, 3.05) is 6.79 Å². The molecule has 2 aromatic rings. The van der Waals surface area contributed by atoms with Gasteiger partial charge in [0.25, 0.3) is 0 Å². The Morgan fingerprint density at radius 2 is 1.77 bits per heavy atom. The highest BCUT2D eigenvalue weighted by Crippen LogP contribution is 2.38. The number of fused-ring (bicyclic) bond motifs is 1. The van der Waals surface area contributed by atoms with Crippen molar-refractivity contribution in [2.45, 2.75) is 0 Å². The first-order valence-electron chi connectivity index (χ1n) is 5.79. The molecule has 0 radical (unpaired) electrons. The summed E-state index contributed by atoms with van der Waals surface area (Å²) in [4.78, 5) is 15.9. The Bertz CT molecular complexity index is 781. The first-order valence-corrected chi connectivity index (χ1v) is 7.30. The van der Waals surface area contributed by atoms with Gasteiger partial charge in [0.05, 0.1) is 15.1 Å². The minimum atomic E-state index is -0.829. The lowest BCUT2D eigenvalue weighted by atomic mass is 10.3. The third-order valence-electron chi connectivity index (χ3n) is 2.73. The largest absolute Gasteiger partial charge is 0.454 e. The molecule has 0 unspecified atom stereocenters. The molecule has 0 saturated carbocycles. The van der Waals surface area contributed by atoms with E-state index in [1.165, 1.54) is 6.07 Å². The van der Waals surface area contributed by atoms with Crippen LogP contribution in [-0.2, 0) is 0 Å². The molecule has 0 saturated heterocycles. The molecule has 1 aliphatic rings. The lowest BCUT2D eigenvalue weighted by Crippen LogP contribution is -2.12. The molecule has 0 fully saturated rings. The second-order valence-electron chi connectivity index (χ2n) is 4.10. The number of pyridine rings is 1. The van der Waals surface area contributed by atoms with Crippen LogP contribution in [0.2, 0.25) is 20.2 Å². The predicted molar refractivity (Wildman–Crippen MR) is 81.8 cm³/mol. The summed E-state index contributed by atoms with van der Waals surface area (Å²) >= 11 is 23.4. The van der Waals surface area contributed by atoms with Crippen molar-refractivity contribution in [3.8, 4) is 17.2 Å². The summed E-state index contributed by atoms with van der Waals surface area (Å²) in [5, 5.41) is -0.385. The van der Waals surface area contributed by atoms with Crippen LogP contribution in [-0.4, -0.2) is 17.7 Å². The van der Waals surface area contributed by atoms with E-state index in [1.807, 2.05) is 0 Å². The fourth-order valence-corrected chi connectivity index (χ4v) is 2.52. The van der Waals surface area contributed by atoms with Gasteiger partial charge in [-0.3, -0.25) is 0 Å². The van der Waals surface area contributed by atoms with Crippen molar-refractivity contribution in [3.05, 3.63) is 44.1 Å². The summed E-state index contributed by atoms with van der Waals surface area (Å²) in [6.07, 6.45) is 0. The number of benzene rings is 1. The number of nitrogens with zero attached hydrogens (tertiary/aromatic N) is 1. The van der Waals surface area contributed by atoms with E-state index in [2.05, 4.69) is 4.98 Å². The van der Waals surface area contributed by atoms with E-state index >= 15 is 0 Å². The smallest absolute Gasteiger partial charge is 0.364 e. The zero-order chi connectivity index (χ0) is 15.9. The van der Waals surface area contributed by atoms with Gasteiger partial charge in [0.2, 0.25) is 6.79 Å². The average Bonchev–Trinajstić information content (AvgIpc) is 2.96. The fourth-order valence-electron chi connectivity index (χ4n) is 1.72. The van der Waals surface area contributed by atoms with E-state index in [0.29, 0.717) is 11.5 Å². The molecule has 3 rings (SSSR count). The van der Waals surface area contributed by atoms with Crippen LogP contribution >= 0.6 is 46.4 Å². The van der Waals surface area contributed by atoms with Crippen LogP contribution in [0.5, 0.6) is 17.2 Å². The van der Waals surface area contributed by atoms with Gasteiger partial charge in [-0.25, -0.2) is 9.78 Å². The molecule has 1 aliphatic heterocycles. The molecule has 0 atom stereocenters. The lowest BCUT2D eigenvalue weighted by molar-refractivity contribution is 0.0728. The normalized spacial score (nSPS) is 12.4. The van der Waals surface area contributed by atoms with E-state index < -0.39 is 5.97 Å². The Kier molecular flexibility index (Phi) is 4.23. The van der Waals surface area contributed by atoms with Crippen molar-refractivity contribution < 1.29 is 19.0 Å². The summed E-state index contributed by atoms with van der Waals surface area (Å²) in [5.41, 5.74) is -0.237. The zero-order valence-electron chi connectivity index (χ0n) is 10.5. The van der Waals surface area contributed by atoms with E-state index in [4.69, 9.17) is 60.6 Å². The van der Waals surface area contributed by atoms with E-state index in [0.717, 1.165) is 0 Å². The van der Waals surface area contributed by atoms with E-state index in [-0.39, 0.29) is 38.5 Å². The molecule has 0 spiro atoms. The molecule has 1 aromatic carbocycles. The van der Waals surface area contributed by atoms with Gasteiger partial charge < -0.3 is 14.2 Å². The number of esters is 1. The number of carbonyl (C=O) groups is 1. The maximum absolute atomic E-state index is 12.1. The summed E-state index contributed by atoms with van der Waals surface area (Å²) in [6, 6.07) is 4.66. The van der Waals surface area contributed by atoms with Crippen LogP contribution in [0.25, 0.3) is 0 Å². The summed E-state index contributed by atoms with van der Waals surface area (Å²) < 4.78 is 15.5. The number of ether oxygens (including phenoxy) is 3. The van der Waals surface area contributed by atoms with Crippen molar-refractivity contribution in [1.29, 1.82) is 0 Å². The van der Waals surface area contributed by atoms with Gasteiger partial charge in [-0.1, -0.05) is 46.4 Å². The topological polar surface area (TPSA) is 57.7 Å². The molecule has 1 aromatic heterocycles. The highest BCUT2D eigenvalue weighted by atomic mass is 35.5. The number of hydrogen-bond acceptors (Lipinski definition) is 5. The SMILES string of the molecule is O=C(Oc1ccc2c(c1)OCO2)c1nc(Cl)c(Cl)c(Cl)c1Cl. The van der Waals surface area contributed by atoms with Crippen LogP contribution in [0.4, 0.5) is 0 Å². The predicted octanol–water partition coefficient (Wildman–Crippen LogP) is 4.64. The third kappa shape index (κ3) is 2.77. The minimum Gasteiger partial charge on any atom is -0.454 e. The first kappa shape index (κ1) is 15.5. The maximum Gasteiger partial charge on any atom is 0.364 e. The molecule has 114 valence electrons. The van der Waals surface area contributed by atoms with Crippen LogP contribution in [0.1, 0.15) is 10.5 Å². The monoisotopic (exact) mass is 379 g/mol. The lowest BCUT2D eigenvalue weighted by Gasteiger charge is -2.08. The van der Waals surface area contributed by atoms with Gasteiger partial charge in [-0.2, -0.15) is 0 Å². The van der Waals surface area contributed by atoms with Crippen molar-refractivity contribution in [2.24, 2.45) is 0 Å². The van der Waals surface area contributed by atoms with E-state index in [9.17, 15) is 4.79 Å². The molecule has 0 aliphatic carbocycles. The Balaban J connectivity index is 1.89. The highest BCUT2D eigenvalue weighted by molar-refractivity contribution is 6.52. The van der Waals surface area contributed by atoms with Crippen LogP contribution in [0.15, 0.2) is 18.2 Å². The molecule has 2 heterocycles. The molecular weight excluding hydrogens is 376 g/mol. The highest BCUT2D eigenvalue weighted by Gasteiger charge is 2.23. The Labute approximate surface area is 144 Å². The quantitative estimate of drug-likeness (QED) is 0.431. The van der Waals surface area contributed by atoms with Crippen LogP contribution < -0.4 is 14.2 Å². The van der Waals surface area contributed by atoms with Crippen molar-refractivity contribution >= 4 is 52.4 Å². The molecule has 0 N–H and O–H groups in total. The summed E-state index contributed by atoms with van der Waals surface area (Å²) in [5.74, 6) is 0.434. The number of rotatable bonds is 2. The number of hydrogen-bond donors (Lipinski definition) is 0. The summed E-state index contributed by atoms with van der Waals surface area (Å²) in [7, 11) is 0. The maximum atomic E-state index is 12.1. The molecule has 0 amide bonds. The first-order chi connectivity index (χ1) is 10.5. The third-order valence-corrected chi connectivity index (χ3v) is 4.41. The molecule has 9 heteroatoms. The van der Waals surface area contributed by atoms with Crippen molar-refractivity contribution in [3.63, 3.8) is 0 Å². The van der Waals surface area contributed by atoms with Gasteiger partial charge in [-0.15, -0.1) is 0 Å². The average molecular weight is 381 g/mol. The second-order valence-corrected chi connectivity index (χ2v) is 5.59. The van der Waals surface area contributed by atoms with Gasteiger partial charge in [0, 0.05) is 6.07 Å². The number of aromatic nitrogens is 1. The fraction of sp³-hybridized carbons (Fsp3) is 0.0769. The number of halogens is 4. The molecular formula is C13H5Cl4NO4. The second kappa shape index (κ2) is 6.01. The summed E-state index contributed by atoms with van der Waals surface area (Å²) in [6.45, 7) is 0.114. The van der Waals surface area contributed by atoms with Gasteiger partial charge in [-0.05, 0) is 12.1 Å². The molecule has 0 bridgehead atoms. The van der Waals surface area contributed by atoms with Crippen LogP contribution in [0, 0.1) is 0 Å². The Morgan fingerprint density at radius 1 is 1.05 bits per heavy atom. The zero-order valence-corrected chi connectivity index (χ0v) is 13.6. The molecule has 5 nitrogen and oxygen atoms in total.